The van der Waals surface area contributed by atoms with Crippen molar-refractivity contribution < 1.29 is 22.9 Å². The number of carbonyl (C=O) groups is 1. The van der Waals surface area contributed by atoms with E-state index in [1.54, 1.807) is 0 Å². The molecule has 0 bridgehead atoms. The van der Waals surface area contributed by atoms with Crippen LogP contribution in [0.15, 0.2) is 72.8 Å². The second kappa shape index (κ2) is 10.3. The summed E-state index contributed by atoms with van der Waals surface area (Å²) in [6, 6.07) is 19.9. The number of amides is 1. The highest BCUT2D eigenvalue weighted by Gasteiger charge is 2.28. The van der Waals surface area contributed by atoms with Gasteiger partial charge in [-0.1, -0.05) is 54.6 Å². The number of nitro benzene ring substituents is 1. The van der Waals surface area contributed by atoms with Crippen LogP contribution in [0.5, 0.6) is 5.75 Å². The van der Waals surface area contributed by atoms with E-state index in [4.69, 9.17) is 4.74 Å². The fourth-order valence-corrected chi connectivity index (χ4v) is 4.45. The molecule has 0 radical (unpaired) electrons. The van der Waals surface area contributed by atoms with Gasteiger partial charge < -0.3 is 10.1 Å². The van der Waals surface area contributed by atoms with Gasteiger partial charge in [-0.25, -0.2) is 8.42 Å². The molecule has 3 rings (SSSR count). The number of non-ortho nitro benzene ring substituents is 1. The second-order valence-electron chi connectivity index (χ2n) is 7.65. The minimum absolute atomic E-state index is 0.0855. The van der Waals surface area contributed by atoms with Crippen LogP contribution in [0.1, 0.15) is 22.7 Å². The summed E-state index contributed by atoms with van der Waals surface area (Å²) < 4.78 is 31.2. The van der Waals surface area contributed by atoms with Crippen LogP contribution in [0.3, 0.4) is 0 Å². The van der Waals surface area contributed by atoms with Crippen LogP contribution in [-0.2, 0) is 14.8 Å². The van der Waals surface area contributed by atoms with Crippen molar-refractivity contribution in [1.29, 1.82) is 0 Å². The van der Waals surface area contributed by atoms with Gasteiger partial charge in [-0.15, -0.1) is 0 Å². The Morgan fingerprint density at radius 2 is 1.74 bits per heavy atom. The number of benzene rings is 3. The third-order valence-electron chi connectivity index (χ3n) is 5.27. The van der Waals surface area contributed by atoms with Gasteiger partial charge in [0.05, 0.1) is 24.3 Å². The molecule has 0 aliphatic rings. The Bertz CT molecular complexity index is 1300. The highest BCUT2D eigenvalue weighted by molar-refractivity contribution is 7.92. The van der Waals surface area contributed by atoms with Crippen LogP contribution in [0.4, 0.5) is 11.4 Å². The number of methoxy groups -OCH3 is 1. The van der Waals surface area contributed by atoms with E-state index < -0.39 is 33.4 Å². The van der Waals surface area contributed by atoms with Crippen LogP contribution in [0, 0.1) is 17.0 Å². The van der Waals surface area contributed by atoms with Crippen molar-refractivity contribution in [3.63, 3.8) is 0 Å². The first-order valence-electron chi connectivity index (χ1n) is 10.3. The normalized spacial score (nSPS) is 12.0. The lowest BCUT2D eigenvalue weighted by Crippen LogP contribution is -2.42. The highest BCUT2D eigenvalue weighted by atomic mass is 32.2. The maximum atomic E-state index is 13.2. The molecule has 1 atom stereocenters. The molecule has 0 heterocycles. The number of anilines is 1. The molecule has 34 heavy (non-hydrogen) atoms. The second-order valence-corrected chi connectivity index (χ2v) is 9.56. The topological polar surface area (TPSA) is 119 Å². The van der Waals surface area contributed by atoms with Crippen LogP contribution in [0.2, 0.25) is 0 Å². The zero-order valence-corrected chi connectivity index (χ0v) is 19.8. The van der Waals surface area contributed by atoms with Crippen molar-refractivity contribution in [3.8, 4) is 5.75 Å². The molecule has 10 heteroatoms. The van der Waals surface area contributed by atoms with Gasteiger partial charge in [-0.05, 0) is 29.7 Å². The first kappa shape index (κ1) is 24.7. The first-order chi connectivity index (χ1) is 16.1. The lowest BCUT2D eigenvalue weighted by molar-refractivity contribution is -0.384. The van der Waals surface area contributed by atoms with Gasteiger partial charge in [-0.2, -0.15) is 0 Å². The fourth-order valence-electron chi connectivity index (χ4n) is 3.60. The van der Waals surface area contributed by atoms with E-state index in [-0.39, 0.29) is 17.1 Å². The summed E-state index contributed by atoms with van der Waals surface area (Å²) >= 11 is 0. The van der Waals surface area contributed by atoms with Crippen molar-refractivity contribution in [2.75, 3.05) is 24.2 Å². The molecule has 1 amide bonds. The Labute approximate surface area is 198 Å². The molecule has 0 saturated heterocycles. The summed E-state index contributed by atoms with van der Waals surface area (Å²) in [6.45, 7) is 1.33. The lowest BCUT2D eigenvalue weighted by atomic mass is 9.95. The van der Waals surface area contributed by atoms with Crippen LogP contribution in [-0.4, -0.2) is 39.2 Å². The first-order valence-corrected chi connectivity index (χ1v) is 12.2. The van der Waals surface area contributed by atoms with Gasteiger partial charge in [0.15, 0.2) is 0 Å². The van der Waals surface area contributed by atoms with Gasteiger partial charge in [0.2, 0.25) is 15.9 Å². The molecular formula is C24H25N3O6S. The molecule has 0 aromatic heterocycles. The number of nitro groups is 1. The minimum Gasteiger partial charge on any atom is -0.495 e. The predicted octanol–water partition coefficient (Wildman–Crippen LogP) is 3.58. The average Bonchev–Trinajstić information content (AvgIpc) is 2.81. The molecule has 0 unspecified atom stereocenters. The number of aryl methyl sites for hydroxylation is 1. The quantitative estimate of drug-likeness (QED) is 0.367. The predicted molar refractivity (Wildman–Crippen MR) is 129 cm³/mol. The maximum Gasteiger partial charge on any atom is 0.271 e. The van der Waals surface area contributed by atoms with Crippen LogP contribution < -0.4 is 14.4 Å². The number of sulfonamides is 1. The fraction of sp³-hybridized carbons (Fsp3) is 0.208. The molecule has 0 saturated carbocycles. The van der Waals surface area contributed by atoms with Crippen molar-refractivity contribution in [2.45, 2.75) is 13.0 Å². The zero-order chi connectivity index (χ0) is 24.9. The number of ether oxygens (including phenoxy) is 1. The van der Waals surface area contributed by atoms with Crippen LogP contribution in [0.25, 0.3) is 0 Å². The lowest BCUT2D eigenvalue weighted by Gasteiger charge is -2.26. The molecule has 0 spiro atoms. The van der Waals surface area contributed by atoms with Crippen molar-refractivity contribution in [3.05, 3.63) is 99.6 Å². The highest BCUT2D eigenvalue weighted by Crippen LogP contribution is 2.34. The third kappa shape index (κ3) is 5.70. The van der Waals surface area contributed by atoms with Gasteiger partial charge >= 0.3 is 0 Å². The van der Waals surface area contributed by atoms with E-state index in [0.717, 1.165) is 33.3 Å². The number of nitrogens with zero attached hydrogens (tertiary/aromatic N) is 2. The minimum atomic E-state index is -3.99. The van der Waals surface area contributed by atoms with Gasteiger partial charge in [0, 0.05) is 12.1 Å². The van der Waals surface area contributed by atoms with Crippen molar-refractivity contribution in [2.24, 2.45) is 0 Å². The largest absolute Gasteiger partial charge is 0.495 e. The van der Waals surface area contributed by atoms with E-state index in [0.29, 0.717) is 0 Å². The monoisotopic (exact) mass is 483 g/mol. The molecule has 3 aromatic rings. The summed E-state index contributed by atoms with van der Waals surface area (Å²) in [5.74, 6) is -0.501. The smallest absolute Gasteiger partial charge is 0.271 e. The molecule has 9 nitrogen and oxygen atoms in total. The van der Waals surface area contributed by atoms with E-state index in [1.807, 2.05) is 61.5 Å². The maximum absolute atomic E-state index is 13.2. The average molecular weight is 484 g/mol. The van der Waals surface area contributed by atoms with Gasteiger partial charge in [0.25, 0.3) is 5.69 Å². The van der Waals surface area contributed by atoms with Gasteiger partial charge in [-0.3, -0.25) is 19.2 Å². The molecule has 3 aromatic carbocycles. The van der Waals surface area contributed by atoms with Crippen LogP contribution >= 0.6 is 0 Å². The number of carbonyl (C=O) groups excluding carboxylic acids is 1. The summed E-state index contributed by atoms with van der Waals surface area (Å²) in [5, 5.41) is 14.2. The Morgan fingerprint density at radius 1 is 1.09 bits per heavy atom. The molecule has 0 fully saturated rings. The van der Waals surface area contributed by atoms with E-state index in [1.165, 1.54) is 19.2 Å². The summed E-state index contributed by atoms with van der Waals surface area (Å²) in [6.07, 6.45) is 0.925. The Morgan fingerprint density at radius 3 is 2.32 bits per heavy atom. The number of nitrogens with one attached hydrogen (secondary N) is 1. The number of hydrogen-bond donors (Lipinski definition) is 1. The van der Waals surface area contributed by atoms with Crippen molar-refractivity contribution in [1.82, 2.24) is 5.32 Å². The Hall–Kier alpha value is -3.92. The van der Waals surface area contributed by atoms with Gasteiger partial charge in [0.1, 0.15) is 18.0 Å². The number of rotatable bonds is 9. The summed E-state index contributed by atoms with van der Waals surface area (Å²) in [4.78, 5) is 23.8. The number of hydrogen-bond acceptors (Lipinski definition) is 6. The Balaban J connectivity index is 1.98. The van der Waals surface area contributed by atoms with Crippen molar-refractivity contribution >= 4 is 27.3 Å². The molecule has 1 N–H and O–H groups in total. The summed E-state index contributed by atoms with van der Waals surface area (Å²) in [7, 11) is -2.68. The molecule has 0 aliphatic heterocycles. The summed E-state index contributed by atoms with van der Waals surface area (Å²) in [5.41, 5.74) is 2.22. The Kier molecular flexibility index (Phi) is 7.52. The van der Waals surface area contributed by atoms with E-state index >= 15 is 0 Å². The standard InChI is InChI=1S/C24H25N3O6S/c1-17-9-7-8-12-20(17)24(18-10-5-4-6-11-18)25-23(28)16-26(34(3,31)32)21-15-19(27(29)30)13-14-22(21)33-2/h4-15,24H,16H2,1-3H3,(H,25,28)/t24-/m0/s1. The molecule has 178 valence electrons. The SMILES string of the molecule is COc1ccc([N+](=O)[O-])cc1N(CC(=O)N[C@@H](c1ccccc1)c1ccccc1C)S(C)(=O)=O. The molecular weight excluding hydrogens is 458 g/mol. The zero-order valence-electron chi connectivity index (χ0n) is 19.0. The third-order valence-corrected chi connectivity index (χ3v) is 6.39. The van der Waals surface area contributed by atoms with E-state index in [9.17, 15) is 23.3 Å². The molecule has 0 aliphatic carbocycles. The van der Waals surface area contributed by atoms with E-state index in [2.05, 4.69) is 5.32 Å².